The van der Waals surface area contributed by atoms with Crippen molar-refractivity contribution in [3.05, 3.63) is 18.0 Å². The van der Waals surface area contributed by atoms with Gasteiger partial charge in [0.05, 0.1) is 11.7 Å². The van der Waals surface area contributed by atoms with Gasteiger partial charge in [0.25, 0.3) is 0 Å². The lowest BCUT2D eigenvalue weighted by molar-refractivity contribution is 0.347. The minimum absolute atomic E-state index is 0.470. The SMILES string of the molecule is CC(C)n1nccc1C1CCN1. The van der Waals surface area contributed by atoms with E-state index in [4.69, 9.17) is 0 Å². The van der Waals surface area contributed by atoms with Gasteiger partial charge < -0.3 is 5.32 Å². The highest BCUT2D eigenvalue weighted by Crippen LogP contribution is 2.24. The van der Waals surface area contributed by atoms with Crippen molar-refractivity contribution in [1.29, 1.82) is 0 Å². The fourth-order valence-corrected chi connectivity index (χ4v) is 1.57. The molecule has 1 aliphatic heterocycles. The maximum Gasteiger partial charge on any atom is 0.0557 e. The Balaban J connectivity index is 2.23. The molecule has 12 heavy (non-hydrogen) atoms. The van der Waals surface area contributed by atoms with E-state index in [0.717, 1.165) is 6.54 Å². The van der Waals surface area contributed by atoms with Crippen molar-refractivity contribution in [2.45, 2.75) is 32.4 Å². The molecule has 0 aromatic carbocycles. The van der Waals surface area contributed by atoms with Crippen LogP contribution < -0.4 is 5.32 Å². The van der Waals surface area contributed by atoms with Crippen LogP contribution in [0.15, 0.2) is 12.3 Å². The van der Waals surface area contributed by atoms with Gasteiger partial charge in [0.1, 0.15) is 0 Å². The zero-order valence-electron chi connectivity index (χ0n) is 7.62. The summed E-state index contributed by atoms with van der Waals surface area (Å²) >= 11 is 0. The van der Waals surface area contributed by atoms with Crippen LogP contribution in [0.5, 0.6) is 0 Å². The van der Waals surface area contributed by atoms with E-state index >= 15 is 0 Å². The summed E-state index contributed by atoms with van der Waals surface area (Å²) in [6.07, 6.45) is 3.13. The van der Waals surface area contributed by atoms with Gasteiger partial charge in [0.15, 0.2) is 0 Å². The van der Waals surface area contributed by atoms with Crippen molar-refractivity contribution in [3.63, 3.8) is 0 Å². The summed E-state index contributed by atoms with van der Waals surface area (Å²) in [4.78, 5) is 0. The summed E-state index contributed by atoms with van der Waals surface area (Å²) in [5.74, 6) is 0. The minimum atomic E-state index is 0.470. The van der Waals surface area contributed by atoms with E-state index in [1.807, 2.05) is 6.20 Å². The molecule has 0 spiro atoms. The third-order valence-electron chi connectivity index (χ3n) is 2.37. The standard InChI is InChI=1S/C9H15N3/c1-7(2)12-9(4-6-11-12)8-3-5-10-8/h4,6-8,10H,3,5H2,1-2H3. The zero-order valence-corrected chi connectivity index (χ0v) is 7.62. The molecule has 1 aliphatic rings. The Morgan fingerprint density at radius 3 is 2.92 bits per heavy atom. The molecular weight excluding hydrogens is 150 g/mol. The topological polar surface area (TPSA) is 29.9 Å². The van der Waals surface area contributed by atoms with Crippen molar-refractivity contribution < 1.29 is 0 Å². The Morgan fingerprint density at radius 2 is 2.42 bits per heavy atom. The average Bonchev–Trinajstić information content (AvgIpc) is 2.31. The van der Waals surface area contributed by atoms with E-state index in [0.29, 0.717) is 12.1 Å². The van der Waals surface area contributed by atoms with E-state index in [9.17, 15) is 0 Å². The van der Waals surface area contributed by atoms with E-state index in [1.54, 1.807) is 0 Å². The van der Waals surface area contributed by atoms with Gasteiger partial charge in [-0.1, -0.05) is 0 Å². The lowest BCUT2D eigenvalue weighted by Gasteiger charge is -2.29. The number of hydrogen-bond acceptors (Lipinski definition) is 2. The van der Waals surface area contributed by atoms with Gasteiger partial charge in [-0.3, -0.25) is 4.68 Å². The van der Waals surface area contributed by atoms with E-state index < -0.39 is 0 Å². The third-order valence-corrected chi connectivity index (χ3v) is 2.37. The monoisotopic (exact) mass is 165 g/mol. The first-order chi connectivity index (χ1) is 5.79. The fraction of sp³-hybridized carbons (Fsp3) is 0.667. The normalized spacial score (nSPS) is 22.8. The average molecular weight is 165 g/mol. The summed E-state index contributed by atoms with van der Waals surface area (Å²) in [5, 5.41) is 7.68. The van der Waals surface area contributed by atoms with Crippen molar-refractivity contribution in [1.82, 2.24) is 15.1 Å². The van der Waals surface area contributed by atoms with Crippen molar-refractivity contribution in [3.8, 4) is 0 Å². The highest BCUT2D eigenvalue weighted by molar-refractivity contribution is 5.10. The van der Waals surface area contributed by atoms with Gasteiger partial charge in [-0.25, -0.2) is 0 Å². The number of hydrogen-bond donors (Lipinski definition) is 1. The summed E-state index contributed by atoms with van der Waals surface area (Å²) in [6.45, 7) is 5.47. The Kier molecular flexibility index (Phi) is 1.89. The fourth-order valence-electron chi connectivity index (χ4n) is 1.57. The first-order valence-corrected chi connectivity index (χ1v) is 4.56. The molecule has 0 saturated carbocycles. The molecule has 0 aliphatic carbocycles. The summed E-state index contributed by atoms with van der Waals surface area (Å²) in [5.41, 5.74) is 1.33. The van der Waals surface area contributed by atoms with Crippen LogP contribution in [0.3, 0.4) is 0 Å². The van der Waals surface area contributed by atoms with E-state index in [1.165, 1.54) is 12.1 Å². The largest absolute Gasteiger partial charge is 0.309 e. The quantitative estimate of drug-likeness (QED) is 0.719. The second kappa shape index (κ2) is 2.90. The van der Waals surface area contributed by atoms with Crippen LogP contribution in [-0.2, 0) is 0 Å². The molecule has 1 aromatic rings. The third kappa shape index (κ3) is 1.14. The highest BCUT2D eigenvalue weighted by atomic mass is 15.3. The van der Waals surface area contributed by atoms with Crippen molar-refractivity contribution >= 4 is 0 Å². The van der Waals surface area contributed by atoms with E-state index in [-0.39, 0.29) is 0 Å². The Hall–Kier alpha value is -0.830. The molecule has 1 aromatic heterocycles. The van der Waals surface area contributed by atoms with Crippen LogP contribution in [0.2, 0.25) is 0 Å². The predicted octanol–water partition coefficient (Wildman–Crippen LogP) is 1.50. The zero-order chi connectivity index (χ0) is 8.55. The van der Waals surface area contributed by atoms with Crippen LogP contribution >= 0.6 is 0 Å². The molecule has 66 valence electrons. The second-order valence-corrected chi connectivity index (χ2v) is 3.59. The Labute approximate surface area is 72.8 Å². The first-order valence-electron chi connectivity index (χ1n) is 4.56. The first kappa shape index (κ1) is 7.80. The maximum absolute atomic E-state index is 4.30. The summed E-state index contributed by atoms with van der Waals surface area (Å²) in [7, 11) is 0. The smallest absolute Gasteiger partial charge is 0.0557 e. The second-order valence-electron chi connectivity index (χ2n) is 3.59. The number of nitrogens with zero attached hydrogens (tertiary/aromatic N) is 2. The number of aromatic nitrogens is 2. The van der Waals surface area contributed by atoms with Crippen LogP contribution in [0, 0.1) is 0 Å². The molecular formula is C9H15N3. The van der Waals surface area contributed by atoms with Gasteiger partial charge >= 0.3 is 0 Å². The number of nitrogens with one attached hydrogen (secondary N) is 1. The summed E-state index contributed by atoms with van der Waals surface area (Å²) < 4.78 is 2.09. The minimum Gasteiger partial charge on any atom is -0.309 e. The molecule has 0 bridgehead atoms. The molecule has 2 rings (SSSR count). The van der Waals surface area contributed by atoms with Gasteiger partial charge in [-0.2, -0.15) is 5.10 Å². The van der Waals surface area contributed by atoms with Gasteiger partial charge in [0, 0.05) is 12.2 Å². The molecule has 0 amide bonds. The van der Waals surface area contributed by atoms with Crippen molar-refractivity contribution in [2.24, 2.45) is 0 Å². The maximum atomic E-state index is 4.30. The molecule has 2 heterocycles. The van der Waals surface area contributed by atoms with Crippen LogP contribution in [0.1, 0.15) is 38.0 Å². The molecule has 1 unspecified atom stereocenters. The molecule has 1 N–H and O–H groups in total. The molecule has 1 fully saturated rings. The molecule has 3 nitrogen and oxygen atoms in total. The van der Waals surface area contributed by atoms with Gasteiger partial charge in [-0.15, -0.1) is 0 Å². The highest BCUT2D eigenvalue weighted by Gasteiger charge is 2.22. The molecule has 0 radical (unpaired) electrons. The van der Waals surface area contributed by atoms with Gasteiger partial charge in [-0.05, 0) is 32.9 Å². The Morgan fingerprint density at radius 1 is 1.67 bits per heavy atom. The van der Waals surface area contributed by atoms with Gasteiger partial charge in [0.2, 0.25) is 0 Å². The lowest BCUT2D eigenvalue weighted by atomic mass is 10.0. The molecule has 1 atom stereocenters. The van der Waals surface area contributed by atoms with E-state index in [2.05, 4.69) is 35.0 Å². The predicted molar refractivity (Wildman–Crippen MR) is 48.0 cm³/mol. The van der Waals surface area contributed by atoms with Crippen LogP contribution in [0.4, 0.5) is 0 Å². The molecule has 3 heteroatoms. The lowest BCUT2D eigenvalue weighted by Crippen LogP contribution is -2.36. The molecule has 1 saturated heterocycles. The number of rotatable bonds is 2. The summed E-state index contributed by atoms with van der Waals surface area (Å²) in [6, 6.07) is 3.13. The Bertz CT molecular complexity index is 260. The van der Waals surface area contributed by atoms with Crippen molar-refractivity contribution in [2.75, 3.05) is 6.54 Å². The van der Waals surface area contributed by atoms with Crippen LogP contribution in [-0.4, -0.2) is 16.3 Å². The van der Waals surface area contributed by atoms with Crippen LogP contribution in [0.25, 0.3) is 0 Å².